The van der Waals surface area contributed by atoms with Crippen molar-refractivity contribution in [3.05, 3.63) is 33.8 Å². The number of hydrogen-bond donors (Lipinski definition) is 2. The van der Waals surface area contributed by atoms with Crippen LogP contribution in [0.2, 0.25) is 10.0 Å². The van der Waals surface area contributed by atoms with E-state index in [4.69, 9.17) is 23.2 Å². The molecule has 2 unspecified atom stereocenters. The van der Waals surface area contributed by atoms with Crippen LogP contribution >= 0.6 is 35.6 Å². The number of benzene rings is 1. The molecule has 0 aromatic heterocycles. The van der Waals surface area contributed by atoms with Gasteiger partial charge in [0, 0.05) is 11.6 Å². The molecule has 2 atom stereocenters. The van der Waals surface area contributed by atoms with Crippen LogP contribution < -0.4 is 5.32 Å². The van der Waals surface area contributed by atoms with E-state index < -0.39 is 6.10 Å². The molecule has 1 aromatic rings. The molecule has 3 rings (SSSR count). The lowest BCUT2D eigenvalue weighted by atomic mass is 9.82. The zero-order chi connectivity index (χ0) is 14.2. The first kappa shape index (κ1) is 17.4. The first-order chi connectivity index (χ1) is 9.60. The molecule has 1 aliphatic carbocycles. The van der Waals surface area contributed by atoms with E-state index >= 15 is 0 Å². The highest BCUT2D eigenvalue weighted by atomic mass is 35.5. The summed E-state index contributed by atoms with van der Waals surface area (Å²) in [5.74, 6) is 0. The molecule has 2 N–H and O–H groups in total. The Morgan fingerprint density at radius 2 is 1.76 bits per heavy atom. The lowest BCUT2D eigenvalue weighted by Gasteiger charge is -2.41. The molecule has 1 spiro atoms. The summed E-state index contributed by atoms with van der Waals surface area (Å²) in [4.78, 5) is 0. The standard InChI is InChI=1S/C16H21Cl2NO.ClH/c17-12-6-5-11(10-13(12)18)15(20)14-4-3-9-16(19-14)7-1-2-8-16;/h5-6,10,14-15,19-20H,1-4,7-9H2;1H. The summed E-state index contributed by atoms with van der Waals surface area (Å²) in [6.45, 7) is 0. The Morgan fingerprint density at radius 3 is 2.43 bits per heavy atom. The summed E-state index contributed by atoms with van der Waals surface area (Å²) >= 11 is 12.0. The summed E-state index contributed by atoms with van der Waals surface area (Å²) < 4.78 is 0. The molecule has 1 saturated carbocycles. The largest absolute Gasteiger partial charge is 0.387 e. The zero-order valence-corrected chi connectivity index (χ0v) is 14.3. The molecule has 0 bridgehead atoms. The normalized spacial score (nSPS) is 25.6. The first-order valence-corrected chi connectivity index (χ1v) is 8.26. The molecule has 5 heteroatoms. The number of halogens is 3. The van der Waals surface area contributed by atoms with Crippen molar-refractivity contribution in [1.29, 1.82) is 0 Å². The molecule has 2 aliphatic rings. The van der Waals surface area contributed by atoms with Gasteiger partial charge in [-0.2, -0.15) is 0 Å². The van der Waals surface area contributed by atoms with Crippen molar-refractivity contribution in [2.45, 2.75) is 62.6 Å². The van der Waals surface area contributed by atoms with Gasteiger partial charge in [0.15, 0.2) is 0 Å². The SMILES string of the molecule is Cl.OC(c1ccc(Cl)c(Cl)c1)C1CCCC2(CCCC2)N1. The third kappa shape index (κ3) is 3.68. The second-order valence-electron chi connectivity index (χ2n) is 6.25. The maximum Gasteiger partial charge on any atom is 0.0943 e. The third-order valence-electron chi connectivity index (χ3n) is 4.89. The van der Waals surface area contributed by atoms with Gasteiger partial charge in [0.2, 0.25) is 0 Å². The fraction of sp³-hybridized carbons (Fsp3) is 0.625. The smallest absolute Gasteiger partial charge is 0.0943 e. The predicted molar refractivity (Wildman–Crippen MR) is 90.6 cm³/mol. The number of nitrogens with one attached hydrogen (secondary N) is 1. The molecule has 1 saturated heterocycles. The van der Waals surface area contributed by atoms with Crippen LogP contribution in [0.1, 0.15) is 56.6 Å². The van der Waals surface area contributed by atoms with E-state index in [0.29, 0.717) is 10.0 Å². The fourth-order valence-electron chi connectivity index (χ4n) is 3.81. The van der Waals surface area contributed by atoms with Gasteiger partial charge in [0.25, 0.3) is 0 Å². The topological polar surface area (TPSA) is 32.3 Å². The van der Waals surface area contributed by atoms with Gasteiger partial charge in [0.05, 0.1) is 16.1 Å². The average molecular weight is 351 g/mol. The molecule has 21 heavy (non-hydrogen) atoms. The van der Waals surface area contributed by atoms with Crippen LogP contribution in [0, 0.1) is 0 Å². The molecular formula is C16H22Cl3NO. The number of piperidine rings is 1. The van der Waals surface area contributed by atoms with Gasteiger partial charge in [-0.1, -0.05) is 42.1 Å². The summed E-state index contributed by atoms with van der Waals surface area (Å²) in [7, 11) is 0. The number of aliphatic hydroxyl groups excluding tert-OH is 1. The quantitative estimate of drug-likeness (QED) is 0.795. The molecule has 0 radical (unpaired) electrons. The lowest BCUT2D eigenvalue weighted by Crippen LogP contribution is -2.53. The number of aliphatic hydroxyl groups is 1. The van der Waals surface area contributed by atoms with E-state index in [1.807, 2.05) is 6.07 Å². The minimum absolute atomic E-state index is 0. The Morgan fingerprint density at radius 1 is 1.10 bits per heavy atom. The Labute approximate surface area is 142 Å². The maximum absolute atomic E-state index is 10.6. The van der Waals surface area contributed by atoms with E-state index in [1.54, 1.807) is 12.1 Å². The van der Waals surface area contributed by atoms with Gasteiger partial charge < -0.3 is 10.4 Å². The Bertz CT molecular complexity index is 488. The van der Waals surface area contributed by atoms with Crippen LogP contribution in [0.5, 0.6) is 0 Å². The van der Waals surface area contributed by atoms with Gasteiger partial charge in [-0.25, -0.2) is 0 Å². The van der Waals surface area contributed by atoms with Crippen LogP contribution in [0.25, 0.3) is 0 Å². The number of rotatable bonds is 2. The van der Waals surface area contributed by atoms with Crippen molar-refractivity contribution in [2.24, 2.45) is 0 Å². The second kappa shape index (κ2) is 7.06. The van der Waals surface area contributed by atoms with Gasteiger partial charge >= 0.3 is 0 Å². The van der Waals surface area contributed by atoms with Crippen molar-refractivity contribution in [1.82, 2.24) is 5.32 Å². The highest BCUT2D eigenvalue weighted by Crippen LogP contribution is 2.40. The van der Waals surface area contributed by atoms with Crippen LogP contribution in [0.4, 0.5) is 0 Å². The fourth-order valence-corrected chi connectivity index (χ4v) is 4.12. The van der Waals surface area contributed by atoms with Crippen molar-refractivity contribution < 1.29 is 5.11 Å². The molecule has 2 nitrogen and oxygen atoms in total. The summed E-state index contributed by atoms with van der Waals surface area (Å²) in [6, 6.07) is 5.54. The monoisotopic (exact) mass is 349 g/mol. The molecule has 2 fully saturated rings. The van der Waals surface area contributed by atoms with E-state index in [9.17, 15) is 5.11 Å². The van der Waals surface area contributed by atoms with E-state index in [2.05, 4.69) is 5.32 Å². The third-order valence-corrected chi connectivity index (χ3v) is 5.63. The van der Waals surface area contributed by atoms with Crippen LogP contribution in [-0.4, -0.2) is 16.7 Å². The maximum atomic E-state index is 10.6. The summed E-state index contributed by atoms with van der Waals surface area (Å²) in [5.41, 5.74) is 1.13. The van der Waals surface area contributed by atoms with Crippen molar-refractivity contribution >= 4 is 35.6 Å². The van der Waals surface area contributed by atoms with Crippen LogP contribution in [0.3, 0.4) is 0 Å². The van der Waals surface area contributed by atoms with Gasteiger partial charge in [0.1, 0.15) is 0 Å². The first-order valence-electron chi connectivity index (χ1n) is 7.50. The van der Waals surface area contributed by atoms with Crippen LogP contribution in [-0.2, 0) is 0 Å². The van der Waals surface area contributed by atoms with E-state index in [1.165, 1.54) is 38.5 Å². The molecule has 0 amide bonds. The Hall–Kier alpha value is 0.01000. The van der Waals surface area contributed by atoms with Crippen molar-refractivity contribution in [3.63, 3.8) is 0 Å². The van der Waals surface area contributed by atoms with Crippen molar-refractivity contribution in [3.8, 4) is 0 Å². The highest BCUT2D eigenvalue weighted by molar-refractivity contribution is 6.42. The van der Waals surface area contributed by atoms with Gasteiger partial charge in [-0.05, 0) is 49.8 Å². The molecule has 1 aliphatic heterocycles. The zero-order valence-electron chi connectivity index (χ0n) is 11.9. The second-order valence-corrected chi connectivity index (χ2v) is 7.06. The molecule has 118 valence electrons. The highest BCUT2D eigenvalue weighted by Gasteiger charge is 2.40. The predicted octanol–water partition coefficient (Wildman–Crippen LogP) is 4.90. The molecule has 1 heterocycles. The average Bonchev–Trinajstić information content (AvgIpc) is 2.89. The van der Waals surface area contributed by atoms with Gasteiger partial charge in [-0.15, -0.1) is 12.4 Å². The Kier molecular flexibility index (Phi) is 5.84. The minimum atomic E-state index is -0.512. The lowest BCUT2D eigenvalue weighted by molar-refractivity contribution is 0.0760. The molecule has 1 aromatic carbocycles. The van der Waals surface area contributed by atoms with Crippen molar-refractivity contribution in [2.75, 3.05) is 0 Å². The Balaban J connectivity index is 0.00000161. The minimum Gasteiger partial charge on any atom is -0.387 e. The van der Waals surface area contributed by atoms with Crippen LogP contribution in [0.15, 0.2) is 18.2 Å². The van der Waals surface area contributed by atoms with E-state index in [0.717, 1.165) is 12.0 Å². The number of hydrogen-bond acceptors (Lipinski definition) is 2. The summed E-state index contributed by atoms with van der Waals surface area (Å²) in [5, 5.41) is 15.4. The van der Waals surface area contributed by atoms with Gasteiger partial charge in [-0.3, -0.25) is 0 Å². The molecular weight excluding hydrogens is 329 g/mol. The summed E-state index contributed by atoms with van der Waals surface area (Å²) in [6.07, 6.45) is 8.06. The van der Waals surface area contributed by atoms with E-state index in [-0.39, 0.29) is 24.0 Å².